The van der Waals surface area contributed by atoms with Crippen LogP contribution in [-0.4, -0.2) is 13.0 Å². The molecule has 0 aliphatic rings. The maximum Gasteiger partial charge on any atom is 0.274 e. The Hall–Kier alpha value is -1.91. The highest BCUT2D eigenvalue weighted by Gasteiger charge is 2.35. The molecule has 0 aliphatic carbocycles. The van der Waals surface area contributed by atoms with Gasteiger partial charge in [0.05, 0.1) is 0 Å². The molecule has 0 amide bonds. The Balaban J connectivity index is 2.28. The van der Waals surface area contributed by atoms with E-state index in [1.807, 2.05) is 54.6 Å². The smallest absolute Gasteiger partial charge is 0.274 e. The molecule has 0 aromatic heterocycles. The highest BCUT2D eigenvalue weighted by Crippen LogP contribution is 2.31. The molecular weight excluding hydrogens is 296 g/mol. The zero-order valence-electron chi connectivity index (χ0n) is 12.7. The van der Waals surface area contributed by atoms with Gasteiger partial charge in [-0.2, -0.15) is 8.42 Å². The van der Waals surface area contributed by atoms with Crippen LogP contribution in [0.5, 0.6) is 0 Å². The monoisotopic (exact) mass is 316 g/mol. The van der Waals surface area contributed by atoms with Gasteiger partial charge in [0.1, 0.15) is 4.75 Å². The maximum absolute atomic E-state index is 11.6. The molecule has 3 nitrogen and oxygen atoms in total. The van der Waals surface area contributed by atoms with Gasteiger partial charge in [0, 0.05) is 0 Å². The van der Waals surface area contributed by atoms with Crippen molar-refractivity contribution in [3.8, 4) is 0 Å². The van der Waals surface area contributed by atoms with Crippen molar-refractivity contribution in [3.63, 3.8) is 0 Å². The van der Waals surface area contributed by atoms with Crippen molar-refractivity contribution in [3.05, 3.63) is 77.4 Å². The van der Waals surface area contributed by atoms with Gasteiger partial charge in [0.2, 0.25) is 0 Å². The first-order chi connectivity index (χ1) is 10.3. The van der Waals surface area contributed by atoms with E-state index in [9.17, 15) is 13.0 Å². The molecule has 0 radical (unpaired) electrons. The summed E-state index contributed by atoms with van der Waals surface area (Å²) in [5.41, 5.74) is 2.60. The van der Waals surface area contributed by atoms with Gasteiger partial charge < -0.3 is 0 Å². The summed E-state index contributed by atoms with van der Waals surface area (Å²) in [6.45, 7) is 3.03. The van der Waals surface area contributed by atoms with Crippen molar-refractivity contribution >= 4 is 16.2 Å². The van der Waals surface area contributed by atoms with Crippen molar-refractivity contribution in [2.24, 2.45) is 0 Å². The molecule has 4 heteroatoms. The molecule has 2 aromatic rings. The van der Waals surface area contributed by atoms with Gasteiger partial charge in [-0.1, -0.05) is 66.7 Å². The Bertz CT molecular complexity index is 760. The molecule has 0 aliphatic heterocycles. The largest absolute Gasteiger partial charge is 0.285 e. The van der Waals surface area contributed by atoms with Crippen molar-refractivity contribution in [2.75, 3.05) is 0 Å². The van der Waals surface area contributed by atoms with Crippen molar-refractivity contribution in [2.45, 2.75) is 25.0 Å². The zero-order valence-corrected chi connectivity index (χ0v) is 13.5. The van der Waals surface area contributed by atoms with Gasteiger partial charge in [0.15, 0.2) is 0 Å². The fourth-order valence-corrected chi connectivity index (χ4v) is 2.79. The lowest BCUT2D eigenvalue weighted by Crippen LogP contribution is -2.29. The lowest BCUT2D eigenvalue weighted by Gasteiger charge is -2.24. The van der Waals surface area contributed by atoms with Crippen molar-refractivity contribution < 1.29 is 13.0 Å². The molecule has 116 valence electrons. The van der Waals surface area contributed by atoms with Crippen LogP contribution in [0.4, 0.5) is 0 Å². The summed E-state index contributed by atoms with van der Waals surface area (Å²) < 4.78 is 31.4. The zero-order chi connectivity index (χ0) is 16.2. The molecule has 0 spiro atoms. The maximum atomic E-state index is 11.6. The second-order valence-electron chi connectivity index (χ2n) is 5.66. The van der Waals surface area contributed by atoms with E-state index < -0.39 is 14.9 Å². The predicted molar refractivity (Wildman–Crippen MR) is 90.2 cm³/mol. The van der Waals surface area contributed by atoms with Crippen LogP contribution in [0.25, 0.3) is 6.08 Å². The molecule has 0 bridgehead atoms. The molecule has 22 heavy (non-hydrogen) atoms. The summed E-state index contributed by atoms with van der Waals surface area (Å²) in [7, 11) is -4.18. The Morgan fingerprint density at radius 3 is 2.23 bits per heavy atom. The third-order valence-electron chi connectivity index (χ3n) is 3.76. The van der Waals surface area contributed by atoms with Crippen LogP contribution in [0, 0.1) is 0 Å². The summed E-state index contributed by atoms with van der Waals surface area (Å²) in [6.07, 6.45) is 4.59. The second kappa shape index (κ2) is 6.46. The van der Waals surface area contributed by atoms with E-state index in [1.54, 1.807) is 12.1 Å². The number of hydrogen-bond acceptors (Lipinski definition) is 2. The molecule has 0 fully saturated rings. The highest BCUT2D eigenvalue weighted by molar-refractivity contribution is 7.86. The third-order valence-corrected chi connectivity index (χ3v) is 5.27. The van der Waals surface area contributed by atoms with Gasteiger partial charge >= 0.3 is 0 Å². The van der Waals surface area contributed by atoms with Gasteiger partial charge in [-0.25, -0.2) is 0 Å². The molecule has 0 atom stereocenters. The molecule has 1 N–H and O–H groups in total. The Labute approximate surface area is 132 Å². The first-order valence-corrected chi connectivity index (χ1v) is 8.53. The summed E-state index contributed by atoms with van der Waals surface area (Å²) in [5, 5.41) is 0. The van der Waals surface area contributed by atoms with Gasteiger partial charge in [0.25, 0.3) is 10.1 Å². The van der Waals surface area contributed by atoms with Gasteiger partial charge in [-0.3, -0.25) is 4.55 Å². The van der Waals surface area contributed by atoms with Crippen molar-refractivity contribution in [1.82, 2.24) is 0 Å². The average Bonchev–Trinajstić information content (AvgIpc) is 2.47. The fraction of sp³-hybridized carbons (Fsp3) is 0.222. The summed E-state index contributed by atoms with van der Waals surface area (Å²) >= 11 is 0. The first kappa shape index (κ1) is 16.5. The number of allylic oxidation sites excluding steroid dienone is 1. The fourth-order valence-electron chi connectivity index (χ4n) is 2.31. The Morgan fingerprint density at radius 2 is 1.59 bits per heavy atom. The molecule has 0 saturated heterocycles. The Kier molecular flexibility index (Phi) is 4.84. The molecule has 2 aromatic carbocycles. The highest BCUT2D eigenvalue weighted by atomic mass is 32.2. The van der Waals surface area contributed by atoms with E-state index in [0.29, 0.717) is 12.0 Å². The molecule has 0 heterocycles. The minimum absolute atomic E-state index is 0.601. The summed E-state index contributed by atoms with van der Waals surface area (Å²) in [6, 6.07) is 17.2. The summed E-state index contributed by atoms with van der Waals surface area (Å²) in [5.74, 6) is 0. The van der Waals surface area contributed by atoms with E-state index in [-0.39, 0.29) is 0 Å². The second-order valence-corrected chi connectivity index (χ2v) is 7.63. The Morgan fingerprint density at radius 1 is 1.00 bits per heavy atom. The molecule has 2 rings (SSSR count). The van der Waals surface area contributed by atoms with E-state index in [2.05, 4.69) is 0 Å². The van der Waals surface area contributed by atoms with Crippen LogP contribution in [0.3, 0.4) is 0 Å². The first-order valence-electron chi connectivity index (χ1n) is 7.09. The third kappa shape index (κ3) is 3.64. The van der Waals surface area contributed by atoms with Crippen LogP contribution in [-0.2, 0) is 21.3 Å². The minimum atomic E-state index is -4.18. The quantitative estimate of drug-likeness (QED) is 0.846. The average molecular weight is 316 g/mol. The van der Waals surface area contributed by atoms with E-state index in [1.165, 1.54) is 13.8 Å². The lowest BCUT2D eigenvalue weighted by atomic mass is 9.94. The van der Waals surface area contributed by atoms with E-state index in [0.717, 1.165) is 11.1 Å². The number of rotatable bonds is 5. The summed E-state index contributed by atoms with van der Waals surface area (Å²) in [4.78, 5) is 0. The van der Waals surface area contributed by atoms with Crippen LogP contribution in [0.1, 0.15) is 30.5 Å². The van der Waals surface area contributed by atoms with Gasteiger partial charge in [-0.15, -0.1) is 0 Å². The number of benzene rings is 2. The molecule has 0 saturated carbocycles. The van der Waals surface area contributed by atoms with E-state index >= 15 is 0 Å². The minimum Gasteiger partial charge on any atom is -0.285 e. The molecular formula is C18H20O3S. The van der Waals surface area contributed by atoms with Crippen LogP contribution >= 0.6 is 0 Å². The number of hydrogen-bond donors (Lipinski definition) is 1. The van der Waals surface area contributed by atoms with Crippen molar-refractivity contribution in [1.29, 1.82) is 0 Å². The van der Waals surface area contributed by atoms with Crippen LogP contribution in [0.2, 0.25) is 0 Å². The van der Waals surface area contributed by atoms with Gasteiger partial charge in [-0.05, 0) is 37.0 Å². The van der Waals surface area contributed by atoms with Crippen LogP contribution in [0.15, 0.2) is 60.7 Å². The molecule has 0 unspecified atom stereocenters. The van der Waals surface area contributed by atoms with E-state index in [4.69, 9.17) is 0 Å². The SMILES string of the molecule is CC(C)(c1ccccc1CC=Cc1ccccc1)S(=O)(=O)O. The normalized spacial score (nSPS) is 12.7. The van der Waals surface area contributed by atoms with Crippen LogP contribution < -0.4 is 0 Å². The predicted octanol–water partition coefficient (Wildman–Crippen LogP) is 4.07. The topological polar surface area (TPSA) is 54.4 Å². The lowest BCUT2D eigenvalue weighted by molar-refractivity contribution is 0.444. The standard InChI is InChI=1S/C18H20O3S/c1-18(2,22(19,20)21)17-14-7-6-12-16(17)13-8-11-15-9-4-3-5-10-15/h3-12,14H,13H2,1-2H3,(H,19,20,21).